The van der Waals surface area contributed by atoms with Crippen LogP contribution in [0.4, 0.5) is 0 Å². The molecular formula is C27H32N4O3S. The van der Waals surface area contributed by atoms with Crippen LogP contribution in [0.5, 0.6) is 0 Å². The second kappa shape index (κ2) is 11.6. The highest BCUT2D eigenvalue weighted by Crippen LogP contribution is 2.23. The van der Waals surface area contributed by atoms with E-state index in [4.69, 9.17) is 5.26 Å². The van der Waals surface area contributed by atoms with E-state index >= 15 is 0 Å². The molecule has 2 fully saturated rings. The summed E-state index contributed by atoms with van der Waals surface area (Å²) in [5.74, 6) is 0.0340. The minimum atomic E-state index is -3.50. The lowest BCUT2D eigenvalue weighted by atomic mass is 9.96. The summed E-state index contributed by atoms with van der Waals surface area (Å²) in [6.07, 6.45) is 3.65. The van der Waals surface area contributed by atoms with Gasteiger partial charge in [0.15, 0.2) is 0 Å². The van der Waals surface area contributed by atoms with Crippen molar-refractivity contribution in [2.45, 2.75) is 25.8 Å². The smallest absolute Gasteiger partial charge is 0.236 e. The normalized spacial score (nSPS) is 18.9. The first-order valence-electron chi connectivity index (χ1n) is 12.2. The number of carbonyl (C=O) groups excluding carboxylic acids is 1. The number of hydrogen-bond donors (Lipinski definition) is 0. The fourth-order valence-electron chi connectivity index (χ4n) is 4.72. The molecule has 4 rings (SSSR count). The van der Waals surface area contributed by atoms with Gasteiger partial charge in [0, 0.05) is 57.1 Å². The standard InChI is InChI=1S/C27H32N4O3S/c28-21-24-7-9-25(10-8-24)22-29-14-4-15-30(19-18-29)27(32)26-11-16-31(17-12-26)35(33,34)20-13-23-5-2-1-3-6-23/h1-3,5-10,13,20,26H,4,11-12,14-19,22H2/b20-13+. The molecule has 0 aromatic heterocycles. The van der Waals surface area contributed by atoms with Gasteiger partial charge >= 0.3 is 0 Å². The van der Waals surface area contributed by atoms with Crippen molar-refractivity contribution in [3.05, 3.63) is 76.7 Å². The van der Waals surface area contributed by atoms with Gasteiger partial charge in [0.05, 0.1) is 11.6 Å². The van der Waals surface area contributed by atoms with Crippen molar-refractivity contribution in [1.82, 2.24) is 14.1 Å². The van der Waals surface area contributed by atoms with Crippen molar-refractivity contribution in [3.8, 4) is 6.07 Å². The quantitative estimate of drug-likeness (QED) is 0.618. The average molecular weight is 493 g/mol. The van der Waals surface area contributed by atoms with Crippen LogP contribution in [0.1, 0.15) is 36.0 Å². The Bertz CT molecular complexity index is 1170. The summed E-state index contributed by atoms with van der Waals surface area (Å²) in [4.78, 5) is 17.5. The molecular weight excluding hydrogens is 460 g/mol. The van der Waals surface area contributed by atoms with Gasteiger partial charge in [-0.25, -0.2) is 8.42 Å². The van der Waals surface area contributed by atoms with Crippen molar-refractivity contribution in [1.29, 1.82) is 5.26 Å². The van der Waals surface area contributed by atoms with Crippen LogP contribution in [-0.2, 0) is 21.4 Å². The van der Waals surface area contributed by atoms with Gasteiger partial charge < -0.3 is 4.90 Å². The molecule has 2 saturated heterocycles. The Balaban J connectivity index is 1.26. The zero-order chi connectivity index (χ0) is 24.7. The third-order valence-corrected chi connectivity index (χ3v) is 8.35. The molecule has 7 nitrogen and oxygen atoms in total. The van der Waals surface area contributed by atoms with E-state index in [-0.39, 0.29) is 11.8 Å². The van der Waals surface area contributed by atoms with Crippen LogP contribution >= 0.6 is 0 Å². The fraction of sp³-hybridized carbons (Fsp3) is 0.407. The zero-order valence-electron chi connectivity index (χ0n) is 19.9. The largest absolute Gasteiger partial charge is 0.341 e. The maximum Gasteiger partial charge on any atom is 0.236 e. The van der Waals surface area contributed by atoms with Crippen molar-refractivity contribution < 1.29 is 13.2 Å². The first-order valence-corrected chi connectivity index (χ1v) is 13.7. The predicted molar refractivity (Wildman–Crippen MR) is 136 cm³/mol. The molecule has 0 radical (unpaired) electrons. The van der Waals surface area contributed by atoms with Crippen molar-refractivity contribution in [3.63, 3.8) is 0 Å². The van der Waals surface area contributed by atoms with Crippen LogP contribution in [-0.4, -0.2) is 67.7 Å². The highest BCUT2D eigenvalue weighted by atomic mass is 32.2. The number of nitriles is 1. The number of benzene rings is 2. The summed E-state index contributed by atoms with van der Waals surface area (Å²) >= 11 is 0. The number of rotatable bonds is 6. The molecule has 0 saturated carbocycles. The zero-order valence-corrected chi connectivity index (χ0v) is 20.7. The molecule has 1 amide bonds. The van der Waals surface area contributed by atoms with Gasteiger partial charge in [0.25, 0.3) is 0 Å². The predicted octanol–water partition coefficient (Wildman–Crippen LogP) is 3.31. The van der Waals surface area contributed by atoms with Gasteiger partial charge in [-0.2, -0.15) is 9.57 Å². The minimum absolute atomic E-state index is 0.121. The number of hydrogen-bond acceptors (Lipinski definition) is 5. The maximum absolute atomic E-state index is 13.2. The summed E-state index contributed by atoms with van der Waals surface area (Å²) in [6, 6.07) is 19.2. The van der Waals surface area contributed by atoms with Crippen molar-refractivity contribution in [2.75, 3.05) is 39.3 Å². The molecule has 2 aliphatic rings. The molecule has 0 unspecified atom stereocenters. The first-order chi connectivity index (χ1) is 16.9. The van der Waals surface area contributed by atoms with Gasteiger partial charge in [-0.05, 0) is 48.6 Å². The molecule has 2 aromatic carbocycles. The van der Waals surface area contributed by atoms with E-state index in [0.717, 1.165) is 38.2 Å². The minimum Gasteiger partial charge on any atom is -0.341 e. The topological polar surface area (TPSA) is 84.7 Å². The molecule has 0 atom stereocenters. The molecule has 2 aromatic rings. The third-order valence-electron chi connectivity index (χ3n) is 6.78. The third kappa shape index (κ3) is 6.79. The van der Waals surface area contributed by atoms with Crippen molar-refractivity contribution >= 4 is 22.0 Å². The van der Waals surface area contributed by atoms with Crippen LogP contribution in [0.2, 0.25) is 0 Å². The van der Waals surface area contributed by atoms with Gasteiger partial charge in [-0.15, -0.1) is 0 Å². The number of carbonyl (C=O) groups is 1. The summed E-state index contributed by atoms with van der Waals surface area (Å²) in [5.41, 5.74) is 2.67. The monoisotopic (exact) mass is 492 g/mol. The SMILES string of the molecule is N#Cc1ccc(CN2CCCN(C(=O)C3CCN(S(=O)(=O)/C=C/c4ccccc4)CC3)CC2)cc1. The lowest BCUT2D eigenvalue weighted by molar-refractivity contribution is -0.136. The molecule has 0 N–H and O–H groups in total. The molecule has 0 spiro atoms. The Kier molecular flexibility index (Phi) is 8.34. The van der Waals surface area contributed by atoms with Crippen LogP contribution in [0.15, 0.2) is 60.0 Å². The van der Waals surface area contributed by atoms with E-state index in [1.54, 1.807) is 6.08 Å². The van der Waals surface area contributed by atoms with E-state index in [2.05, 4.69) is 11.0 Å². The van der Waals surface area contributed by atoms with Gasteiger partial charge in [-0.1, -0.05) is 42.5 Å². The second-order valence-corrected chi connectivity index (χ2v) is 11.0. The van der Waals surface area contributed by atoms with Gasteiger partial charge in [-0.3, -0.25) is 9.69 Å². The number of amides is 1. The van der Waals surface area contributed by atoms with Crippen molar-refractivity contribution in [2.24, 2.45) is 5.92 Å². The van der Waals surface area contributed by atoms with E-state index in [9.17, 15) is 13.2 Å². The summed E-state index contributed by atoms with van der Waals surface area (Å²) in [5, 5.41) is 10.2. The molecule has 0 bridgehead atoms. The molecule has 2 heterocycles. The maximum atomic E-state index is 13.2. The van der Waals surface area contributed by atoms with Gasteiger partial charge in [0.2, 0.25) is 15.9 Å². The highest BCUT2D eigenvalue weighted by molar-refractivity contribution is 7.92. The Labute approximate surface area is 208 Å². The number of nitrogens with zero attached hydrogens (tertiary/aromatic N) is 4. The molecule has 0 aliphatic carbocycles. The lowest BCUT2D eigenvalue weighted by Crippen LogP contribution is -2.44. The molecule has 8 heteroatoms. The Morgan fingerprint density at radius 2 is 1.66 bits per heavy atom. The van der Waals surface area contributed by atoms with E-state index in [0.29, 0.717) is 38.0 Å². The Morgan fingerprint density at radius 3 is 2.34 bits per heavy atom. The van der Waals surface area contributed by atoms with E-state index in [1.165, 1.54) is 15.3 Å². The Morgan fingerprint density at radius 1 is 0.943 bits per heavy atom. The van der Waals surface area contributed by atoms with E-state index in [1.807, 2.05) is 59.5 Å². The van der Waals surface area contributed by atoms with Crippen LogP contribution < -0.4 is 0 Å². The summed E-state index contributed by atoms with van der Waals surface area (Å²) in [7, 11) is -3.50. The van der Waals surface area contributed by atoms with Crippen LogP contribution in [0.25, 0.3) is 6.08 Å². The molecule has 35 heavy (non-hydrogen) atoms. The van der Waals surface area contributed by atoms with Gasteiger partial charge in [0.1, 0.15) is 0 Å². The van der Waals surface area contributed by atoms with E-state index < -0.39 is 10.0 Å². The highest BCUT2D eigenvalue weighted by Gasteiger charge is 2.32. The number of piperidine rings is 1. The molecule has 2 aliphatic heterocycles. The van der Waals surface area contributed by atoms with Crippen LogP contribution in [0.3, 0.4) is 0 Å². The average Bonchev–Trinajstić information content (AvgIpc) is 3.14. The lowest BCUT2D eigenvalue weighted by Gasteiger charge is -2.33. The molecule has 184 valence electrons. The Hall–Kier alpha value is -2.99. The first kappa shape index (κ1) is 25.1. The van der Waals surface area contributed by atoms with Crippen LogP contribution in [0, 0.1) is 17.2 Å². The number of sulfonamides is 1. The fourth-order valence-corrected chi connectivity index (χ4v) is 5.94. The summed E-state index contributed by atoms with van der Waals surface area (Å²) in [6.45, 7) is 4.71. The second-order valence-electron chi connectivity index (χ2n) is 9.20. The summed E-state index contributed by atoms with van der Waals surface area (Å²) < 4.78 is 26.9.